The maximum Gasteiger partial charge on any atom is 0.137 e. The van der Waals surface area contributed by atoms with Crippen molar-refractivity contribution in [3.8, 4) is 11.3 Å². The Hall–Kier alpha value is -2.54. The van der Waals surface area contributed by atoms with Crippen LogP contribution in [0, 0.1) is 0 Å². The van der Waals surface area contributed by atoms with Crippen molar-refractivity contribution in [2.75, 3.05) is 6.54 Å². The summed E-state index contributed by atoms with van der Waals surface area (Å²) >= 11 is 0. The minimum absolute atomic E-state index is 0.494. The topological polar surface area (TPSA) is 75.5 Å². The van der Waals surface area contributed by atoms with Gasteiger partial charge in [-0.15, -0.1) is 0 Å². The first-order valence-electron chi connectivity index (χ1n) is 7.89. The molecule has 3 aromatic heterocycles. The smallest absolute Gasteiger partial charge is 0.137 e. The highest BCUT2D eigenvalue weighted by Crippen LogP contribution is 2.26. The molecule has 0 aliphatic carbocycles. The highest BCUT2D eigenvalue weighted by molar-refractivity contribution is 5.61. The number of H-pyrrole nitrogens is 1. The molecule has 7 heteroatoms. The third-order valence-corrected chi connectivity index (χ3v) is 4.40. The maximum atomic E-state index is 4.23. The zero-order valence-corrected chi connectivity index (χ0v) is 12.8. The fourth-order valence-corrected chi connectivity index (χ4v) is 3.26. The van der Waals surface area contributed by atoms with Crippen LogP contribution in [0.1, 0.15) is 18.4 Å². The van der Waals surface area contributed by atoms with Gasteiger partial charge in [-0.2, -0.15) is 10.2 Å². The summed E-state index contributed by atoms with van der Waals surface area (Å²) in [7, 11) is 0. The van der Waals surface area contributed by atoms with Crippen molar-refractivity contribution < 1.29 is 0 Å². The van der Waals surface area contributed by atoms with Gasteiger partial charge in [0, 0.05) is 36.1 Å². The number of aromatic amines is 1. The van der Waals surface area contributed by atoms with Gasteiger partial charge in [0.25, 0.3) is 0 Å². The number of nitrogens with one attached hydrogen (secondary N) is 1. The summed E-state index contributed by atoms with van der Waals surface area (Å²) in [6, 6.07) is 4.50. The minimum atomic E-state index is 0.494. The molecule has 0 amide bonds. The van der Waals surface area contributed by atoms with Crippen LogP contribution >= 0.6 is 0 Å². The van der Waals surface area contributed by atoms with Gasteiger partial charge in [0.15, 0.2) is 0 Å². The number of nitrogens with zero attached hydrogens (tertiary/aromatic N) is 6. The van der Waals surface area contributed by atoms with Crippen molar-refractivity contribution in [3.05, 3.63) is 48.9 Å². The van der Waals surface area contributed by atoms with Crippen LogP contribution in [0.5, 0.6) is 0 Å². The summed E-state index contributed by atoms with van der Waals surface area (Å²) in [6.07, 6.45) is 11.4. The highest BCUT2D eigenvalue weighted by Gasteiger charge is 2.26. The molecule has 1 unspecified atom stereocenters. The molecule has 1 aliphatic heterocycles. The lowest BCUT2D eigenvalue weighted by Gasteiger charge is -2.24. The molecule has 0 aromatic carbocycles. The van der Waals surface area contributed by atoms with Crippen LogP contribution in [0.3, 0.4) is 0 Å². The lowest BCUT2D eigenvalue weighted by Crippen LogP contribution is -2.32. The second-order valence-corrected chi connectivity index (χ2v) is 5.90. The third kappa shape index (κ3) is 3.00. The van der Waals surface area contributed by atoms with Crippen LogP contribution in [0.4, 0.5) is 0 Å². The molecular formula is C16H19N7. The Morgan fingerprint density at radius 3 is 3.09 bits per heavy atom. The number of aromatic nitrogens is 6. The third-order valence-electron chi connectivity index (χ3n) is 4.40. The fourth-order valence-electron chi connectivity index (χ4n) is 3.26. The van der Waals surface area contributed by atoms with E-state index in [9.17, 15) is 0 Å². The van der Waals surface area contributed by atoms with Gasteiger partial charge in [-0.3, -0.25) is 19.7 Å². The molecule has 0 radical (unpaired) electrons. The van der Waals surface area contributed by atoms with Gasteiger partial charge in [-0.05, 0) is 31.5 Å². The van der Waals surface area contributed by atoms with Crippen molar-refractivity contribution in [2.24, 2.45) is 0 Å². The van der Waals surface area contributed by atoms with E-state index in [1.165, 1.54) is 18.4 Å². The average Bonchev–Trinajstić information content (AvgIpc) is 3.32. The van der Waals surface area contributed by atoms with E-state index in [2.05, 4.69) is 36.2 Å². The number of hydrogen-bond acceptors (Lipinski definition) is 5. The molecule has 1 aliphatic rings. The monoisotopic (exact) mass is 309 g/mol. The predicted octanol–water partition coefficient (Wildman–Crippen LogP) is 1.73. The van der Waals surface area contributed by atoms with Gasteiger partial charge in [-0.1, -0.05) is 0 Å². The van der Waals surface area contributed by atoms with E-state index in [4.69, 9.17) is 0 Å². The highest BCUT2D eigenvalue weighted by atomic mass is 15.3. The molecule has 23 heavy (non-hydrogen) atoms. The van der Waals surface area contributed by atoms with Crippen LogP contribution in [0.2, 0.25) is 0 Å². The Labute approximate surface area is 134 Å². The van der Waals surface area contributed by atoms with Crippen LogP contribution in [-0.2, 0) is 13.1 Å². The molecule has 3 aromatic rings. The zero-order valence-electron chi connectivity index (χ0n) is 12.8. The van der Waals surface area contributed by atoms with Gasteiger partial charge < -0.3 is 0 Å². The fraction of sp³-hybridized carbons (Fsp3) is 0.375. The lowest BCUT2D eigenvalue weighted by molar-refractivity contribution is 0.219. The summed E-state index contributed by atoms with van der Waals surface area (Å²) in [5.41, 5.74) is 3.35. The van der Waals surface area contributed by atoms with Gasteiger partial charge in [-0.25, -0.2) is 4.98 Å². The van der Waals surface area contributed by atoms with Crippen molar-refractivity contribution in [1.82, 2.24) is 34.8 Å². The van der Waals surface area contributed by atoms with E-state index < -0.39 is 0 Å². The van der Waals surface area contributed by atoms with Gasteiger partial charge in [0.05, 0.1) is 18.4 Å². The van der Waals surface area contributed by atoms with Crippen LogP contribution in [0.15, 0.2) is 43.4 Å². The first-order valence-corrected chi connectivity index (χ1v) is 7.89. The van der Waals surface area contributed by atoms with Gasteiger partial charge in [0.1, 0.15) is 12.7 Å². The largest absolute Gasteiger partial charge is 0.294 e. The molecule has 0 bridgehead atoms. The molecule has 1 saturated heterocycles. The van der Waals surface area contributed by atoms with Crippen molar-refractivity contribution in [1.29, 1.82) is 0 Å². The second-order valence-electron chi connectivity index (χ2n) is 5.90. The van der Waals surface area contributed by atoms with E-state index in [0.29, 0.717) is 6.04 Å². The summed E-state index contributed by atoms with van der Waals surface area (Å²) in [5.74, 6) is 0. The molecule has 4 heterocycles. The van der Waals surface area contributed by atoms with Crippen molar-refractivity contribution in [2.45, 2.75) is 32.0 Å². The first-order chi connectivity index (χ1) is 11.4. The zero-order chi connectivity index (χ0) is 15.5. The molecule has 1 atom stereocenters. The first kappa shape index (κ1) is 14.1. The molecule has 118 valence electrons. The second kappa shape index (κ2) is 6.29. The summed E-state index contributed by atoms with van der Waals surface area (Å²) < 4.78 is 1.92. The number of pyridine rings is 1. The molecule has 0 saturated carbocycles. The van der Waals surface area contributed by atoms with E-state index in [-0.39, 0.29) is 0 Å². The SMILES string of the molecule is c1cncc(-c2[nH]ncc2CN2CCCC2Cn2cncn2)c1. The Bertz CT molecular complexity index is 735. The summed E-state index contributed by atoms with van der Waals surface area (Å²) in [5, 5.41) is 11.6. The van der Waals surface area contributed by atoms with Gasteiger partial charge in [0.2, 0.25) is 0 Å². The molecule has 1 N–H and O–H groups in total. The van der Waals surface area contributed by atoms with E-state index >= 15 is 0 Å². The minimum Gasteiger partial charge on any atom is -0.294 e. The van der Waals surface area contributed by atoms with Crippen LogP contribution in [0.25, 0.3) is 11.3 Å². The summed E-state index contributed by atoms with van der Waals surface area (Å²) in [4.78, 5) is 10.7. The molecular weight excluding hydrogens is 290 g/mol. The van der Waals surface area contributed by atoms with Crippen molar-refractivity contribution >= 4 is 0 Å². The van der Waals surface area contributed by atoms with E-state index in [1.54, 1.807) is 18.9 Å². The molecule has 7 nitrogen and oxygen atoms in total. The maximum absolute atomic E-state index is 4.23. The number of rotatable bonds is 5. The van der Waals surface area contributed by atoms with Gasteiger partial charge >= 0.3 is 0 Å². The van der Waals surface area contributed by atoms with Crippen LogP contribution < -0.4 is 0 Å². The normalized spacial score (nSPS) is 18.5. The molecule has 0 spiro atoms. The molecule has 1 fully saturated rings. The van der Waals surface area contributed by atoms with Crippen LogP contribution in [-0.4, -0.2) is 47.4 Å². The average molecular weight is 309 g/mol. The standard InChI is InChI=1S/C16H19N7/c1-3-13(7-17-5-1)16-14(8-19-21-16)9-22-6-2-4-15(22)10-23-12-18-11-20-23/h1,3,5,7-8,11-12,15H,2,4,6,9-10H2,(H,19,21). The number of likely N-dealkylation sites (tertiary alicyclic amines) is 1. The lowest BCUT2D eigenvalue weighted by atomic mass is 10.1. The Morgan fingerprint density at radius 2 is 2.26 bits per heavy atom. The van der Waals surface area contributed by atoms with E-state index in [0.717, 1.165) is 30.9 Å². The van der Waals surface area contributed by atoms with Crippen molar-refractivity contribution in [3.63, 3.8) is 0 Å². The Kier molecular flexibility index (Phi) is 3.85. The Morgan fingerprint density at radius 1 is 1.26 bits per heavy atom. The predicted molar refractivity (Wildman–Crippen MR) is 85.3 cm³/mol. The summed E-state index contributed by atoms with van der Waals surface area (Å²) in [6.45, 7) is 2.89. The molecule has 4 rings (SSSR count). The quantitative estimate of drug-likeness (QED) is 0.777. The number of hydrogen-bond donors (Lipinski definition) is 1. The van der Waals surface area contributed by atoms with E-state index in [1.807, 2.05) is 23.1 Å². The Balaban J connectivity index is 1.51.